The van der Waals surface area contributed by atoms with E-state index >= 15 is 0 Å². The summed E-state index contributed by atoms with van der Waals surface area (Å²) < 4.78 is 25.7. The number of hydrogen-bond acceptors (Lipinski definition) is 2. The second-order valence-corrected chi connectivity index (χ2v) is 4.15. The number of halogens is 4. The fourth-order valence-electron chi connectivity index (χ4n) is 1.14. The molecule has 0 aliphatic carbocycles. The Balaban J connectivity index is 3.30. The molecule has 80 valence electrons. The van der Waals surface area contributed by atoms with E-state index in [4.69, 9.17) is 16.9 Å². The highest BCUT2D eigenvalue weighted by Gasteiger charge is 2.18. The smallest absolute Gasteiger partial charge is 0.255 e. The van der Waals surface area contributed by atoms with E-state index in [2.05, 4.69) is 4.98 Å². The van der Waals surface area contributed by atoms with Crippen molar-refractivity contribution in [3.8, 4) is 6.07 Å². The molecule has 0 spiro atoms. The molecule has 2 nitrogen and oxygen atoms in total. The van der Waals surface area contributed by atoms with Crippen molar-refractivity contribution in [2.75, 3.05) is 0 Å². The molecule has 0 amide bonds. The highest BCUT2D eigenvalue weighted by Crippen LogP contribution is 2.28. The summed E-state index contributed by atoms with van der Waals surface area (Å²) in [7, 11) is 0. The van der Waals surface area contributed by atoms with Crippen molar-refractivity contribution in [1.29, 1.82) is 5.26 Å². The molecule has 0 N–H and O–H groups in total. The number of pyridine rings is 1. The highest BCUT2D eigenvalue weighted by atomic mass is 127. The molecule has 0 radical (unpaired) electrons. The predicted molar refractivity (Wildman–Crippen MR) is 60.8 cm³/mol. The zero-order chi connectivity index (χ0) is 11.4. The minimum absolute atomic E-state index is 0.120. The van der Waals surface area contributed by atoms with Gasteiger partial charge in [0.1, 0.15) is 0 Å². The summed E-state index contributed by atoms with van der Waals surface area (Å²) in [6.07, 6.45) is -2.74. The molecule has 0 unspecified atom stereocenters. The van der Waals surface area contributed by atoms with E-state index < -0.39 is 6.43 Å². The molecule has 0 fully saturated rings. The van der Waals surface area contributed by atoms with Gasteiger partial charge >= 0.3 is 0 Å². The third-order valence-corrected chi connectivity index (χ3v) is 2.91. The molecule has 0 atom stereocenters. The molecule has 0 aromatic carbocycles. The van der Waals surface area contributed by atoms with Crippen LogP contribution in [0.5, 0.6) is 0 Å². The zero-order valence-electron chi connectivity index (χ0n) is 7.48. The Kier molecular flexibility index (Phi) is 4.67. The molecule has 0 saturated carbocycles. The Morgan fingerprint density at radius 3 is 2.73 bits per heavy atom. The highest BCUT2D eigenvalue weighted by molar-refractivity contribution is 14.1. The molecule has 0 aliphatic heterocycles. The Morgan fingerprint density at radius 2 is 2.27 bits per heavy atom. The lowest BCUT2D eigenvalue weighted by molar-refractivity contribution is 0.149. The van der Waals surface area contributed by atoms with Crippen molar-refractivity contribution >= 4 is 34.2 Å². The Morgan fingerprint density at radius 1 is 1.60 bits per heavy atom. The minimum atomic E-state index is -2.61. The van der Waals surface area contributed by atoms with Crippen molar-refractivity contribution in [3.05, 3.63) is 26.6 Å². The summed E-state index contributed by atoms with van der Waals surface area (Å²) >= 11 is 7.37. The molecule has 6 heteroatoms. The maximum atomic E-state index is 12.7. The lowest BCUT2D eigenvalue weighted by Gasteiger charge is -2.09. The van der Waals surface area contributed by atoms with Gasteiger partial charge in [0.05, 0.1) is 35.3 Å². The van der Waals surface area contributed by atoms with Crippen LogP contribution in [0.25, 0.3) is 0 Å². The van der Waals surface area contributed by atoms with E-state index in [1.807, 2.05) is 6.07 Å². The first kappa shape index (κ1) is 12.6. The zero-order valence-corrected chi connectivity index (χ0v) is 10.4. The average molecular weight is 343 g/mol. The summed E-state index contributed by atoms with van der Waals surface area (Å²) in [5, 5.41) is 8.51. The van der Waals surface area contributed by atoms with Gasteiger partial charge in [-0.3, -0.25) is 4.98 Å². The number of aromatic nitrogens is 1. The van der Waals surface area contributed by atoms with Gasteiger partial charge in [0.2, 0.25) is 0 Å². The SMILES string of the molecule is N#CCc1nc(CCl)cc(I)c1C(F)F. The van der Waals surface area contributed by atoms with Crippen LogP contribution in [0.15, 0.2) is 6.07 Å². The summed E-state index contributed by atoms with van der Waals surface area (Å²) in [5.74, 6) is 0.151. The van der Waals surface area contributed by atoms with Crippen LogP contribution >= 0.6 is 34.2 Å². The van der Waals surface area contributed by atoms with Crippen molar-refractivity contribution in [2.24, 2.45) is 0 Å². The monoisotopic (exact) mass is 342 g/mol. The molecular formula is C9H6ClF2IN2. The predicted octanol–water partition coefficient (Wildman–Crippen LogP) is 3.43. The second kappa shape index (κ2) is 5.56. The van der Waals surface area contributed by atoms with E-state index in [1.165, 1.54) is 6.07 Å². The van der Waals surface area contributed by atoms with Gasteiger partial charge in [-0.25, -0.2) is 8.78 Å². The van der Waals surface area contributed by atoms with Crippen LogP contribution in [0.2, 0.25) is 0 Å². The molecule has 1 heterocycles. The van der Waals surface area contributed by atoms with Crippen LogP contribution in [0.1, 0.15) is 23.4 Å². The first-order valence-corrected chi connectivity index (χ1v) is 5.60. The number of nitrogens with zero attached hydrogens (tertiary/aromatic N) is 2. The van der Waals surface area contributed by atoms with Crippen molar-refractivity contribution < 1.29 is 8.78 Å². The van der Waals surface area contributed by atoms with E-state index in [1.54, 1.807) is 22.6 Å². The minimum Gasteiger partial charge on any atom is -0.255 e. The summed E-state index contributed by atoms with van der Waals surface area (Å²) in [6.45, 7) is 0. The topological polar surface area (TPSA) is 36.7 Å². The maximum absolute atomic E-state index is 12.7. The number of alkyl halides is 3. The van der Waals surface area contributed by atoms with E-state index in [0.29, 0.717) is 9.26 Å². The second-order valence-electron chi connectivity index (χ2n) is 2.73. The Hall–Kier alpha value is -0.480. The fourth-order valence-corrected chi connectivity index (χ4v) is 2.18. The van der Waals surface area contributed by atoms with Crippen LogP contribution in [-0.4, -0.2) is 4.98 Å². The van der Waals surface area contributed by atoms with Gasteiger partial charge in [-0.05, 0) is 28.7 Å². The number of hydrogen-bond donors (Lipinski definition) is 0. The molecule has 0 saturated heterocycles. The summed E-state index contributed by atoms with van der Waals surface area (Å²) in [4.78, 5) is 3.92. The standard InChI is InChI=1S/C9H6ClF2IN2/c10-4-5-3-6(13)8(9(11)12)7(15-5)1-2-14/h3,9H,1,4H2. The molecule has 1 rings (SSSR count). The normalized spacial score (nSPS) is 10.4. The summed E-state index contributed by atoms with van der Waals surface area (Å²) in [5.41, 5.74) is 0.469. The molecule has 0 bridgehead atoms. The van der Waals surface area contributed by atoms with Crippen molar-refractivity contribution in [1.82, 2.24) is 4.98 Å². The average Bonchev–Trinajstić information content (AvgIpc) is 2.16. The van der Waals surface area contributed by atoms with Gasteiger partial charge < -0.3 is 0 Å². The third-order valence-electron chi connectivity index (χ3n) is 1.74. The molecular weight excluding hydrogens is 336 g/mol. The van der Waals surface area contributed by atoms with Crippen molar-refractivity contribution in [3.63, 3.8) is 0 Å². The largest absolute Gasteiger partial charge is 0.266 e. The Bertz CT molecular complexity index is 404. The molecule has 1 aromatic heterocycles. The lowest BCUT2D eigenvalue weighted by Crippen LogP contribution is -2.03. The number of nitriles is 1. The first-order valence-electron chi connectivity index (χ1n) is 3.99. The van der Waals surface area contributed by atoms with Crippen LogP contribution < -0.4 is 0 Å². The molecule has 0 aliphatic rings. The summed E-state index contributed by atoms with van der Waals surface area (Å²) in [6, 6.07) is 3.33. The Labute approximate surface area is 104 Å². The van der Waals surface area contributed by atoms with Gasteiger partial charge in [0.15, 0.2) is 0 Å². The van der Waals surface area contributed by atoms with E-state index in [-0.39, 0.29) is 23.6 Å². The quantitative estimate of drug-likeness (QED) is 0.623. The first-order chi connectivity index (χ1) is 7.10. The maximum Gasteiger partial charge on any atom is 0.266 e. The molecule has 15 heavy (non-hydrogen) atoms. The van der Waals surface area contributed by atoms with Crippen LogP contribution in [0.3, 0.4) is 0 Å². The lowest BCUT2D eigenvalue weighted by atomic mass is 10.1. The van der Waals surface area contributed by atoms with Gasteiger partial charge in [-0.2, -0.15) is 5.26 Å². The third kappa shape index (κ3) is 2.98. The van der Waals surface area contributed by atoms with Crippen LogP contribution in [-0.2, 0) is 12.3 Å². The van der Waals surface area contributed by atoms with Crippen LogP contribution in [0.4, 0.5) is 8.78 Å². The van der Waals surface area contributed by atoms with Gasteiger partial charge in [0, 0.05) is 3.57 Å². The molecule has 1 aromatic rings. The van der Waals surface area contributed by atoms with Crippen LogP contribution in [0, 0.1) is 14.9 Å². The van der Waals surface area contributed by atoms with Gasteiger partial charge in [-0.1, -0.05) is 0 Å². The van der Waals surface area contributed by atoms with Gasteiger partial charge in [-0.15, -0.1) is 11.6 Å². The van der Waals surface area contributed by atoms with Crippen molar-refractivity contribution in [2.45, 2.75) is 18.7 Å². The van der Waals surface area contributed by atoms with E-state index in [9.17, 15) is 8.78 Å². The number of rotatable bonds is 3. The fraction of sp³-hybridized carbons (Fsp3) is 0.333. The van der Waals surface area contributed by atoms with Gasteiger partial charge in [0.25, 0.3) is 6.43 Å². The van der Waals surface area contributed by atoms with E-state index in [0.717, 1.165) is 0 Å².